The second-order valence-corrected chi connectivity index (χ2v) is 4.35. The van der Waals surface area contributed by atoms with Crippen LogP contribution in [0.2, 0.25) is 0 Å². The van der Waals surface area contributed by atoms with Crippen molar-refractivity contribution >= 4 is 11.4 Å². The Labute approximate surface area is 118 Å². The summed E-state index contributed by atoms with van der Waals surface area (Å²) < 4.78 is 5.41. The average Bonchev–Trinajstić information content (AvgIpc) is 2.45. The molecule has 6 nitrogen and oxygen atoms in total. The molecule has 0 amide bonds. The molecule has 0 aliphatic carbocycles. The molecule has 20 heavy (non-hydrogen) atoms. The summed E-state index contributed by atoms with van der Waals surface area (Å²) in [4.78, 5) is 10.4. The second kappa shape index (κ2) is 8.88. The predicted molar refractivity (Wildman–Crippen MR) is 76.6 cm³/mol. The molecule has 1 rings (SSSR count). The quantitative estimate of drug-likeness (QED) is 0.425. The van der Waals surface area contributed by atoms with Gasteiger partial charge in [0.05, 0.1) is 16.6 Å². The van der Waals surface area contributed by atoms with Crippen LogP contribution in [0.5, 0.6) is 0 Å². The first kappa shape index (κ1) is 15.9. The standard InChI is InChI=1S/C14H19N3O3/c1-2-3-8-20-9-4-7-16-13-10-12(11-15)5-6-14(13)17(18)19/h5-6,10,16H,2-4,7-9H2,1H3. The molecule has 0 fully saturated rings. The van der Waals surface area contributed by atoms with E-state index in [9.17, 15) is 10.1 Å². The molecular formula is C14H19N3O3. The summed E-state index contributed by atoms with van der Waals surface area (Å²) in [5.41, 5.74) is 0.760. The lowest BCUT2D eigenvalue weighted by molar-refractivity contribution is -0.384. The number of nitro groups is 1. The summed E-state index contributed by atoms with van der Waals surface area (Å²) in [6.45, 7) is 4.05. The first-order valence-electron chi connectivity index (χ1n) is 6.69. The van der Waals surface area contributed by atoms with Gasteiger partial charge >= 0.3 is 0 Å². The minimum atomic E-state index is -0.457. The van der Waals surface area contributed by atoms with Crippen LogP contribution in [0.1, 0.15) is 31.7 Å². The van der Waals surface area contributed by atoms with Crippen LogP contribution in [0.15, 0.2) is 18.2 Å². The number of hydrogen-bond acceptors (Lipinski definition) is 5. The molecule has 0 aliphatic rings. The number of hydrogen-bond donors (Lipinski definition) is 1. The predicted octanol–water partition coefficient (Wildman–Crippen LogP) is 3.09. The fourth-order valence-corrected chi connectivity index (χ4v) is 1.65. The molecule has 0 spiro atoms. The van der Waals surface area contributed by atoms with Gasteiger partial charge in [-0.2, -0.15) is 5.26 Å². The molecule has 0 aromatic heterocycles. The number of ether oxygens (including phenoxy) is 1. The Morgan fingerprint density at radius 2 is 2.15 bits per heavy atom. The van der Waals surface area contributed by atoms with Gasteiger partial charge in [-0.3, -0.25) is 10.1 Å². The van der Waals surface area contributed by atoms with Crippen LogP contribution in [-0.4, -0.2) is 24.7 Å². The lowest BCUT2D eigenvalue weighted by atomic mass is 10.2. The van der Waals surface area contributed by atoms with E-state index in [0.717, 1.165) is 25.9 Å². The summed E-state index contributed by atoms with van der Waals surface area (Å²) in [5, 5.41) is 22.7. The number of anilines is 1. The maximum atomic E-state index is 10.9. The maximum Gasteiger partial charge on any atom is 0.292 e. The topological polar surface area (TPSA) is 88.2 Å². The molecule has 1 N–H and O–H groups in total. The maximum absolute atomic E-state index is 10.9. The highest BCUT2D eigenvalue weighted by molar-refractivity contribution is 5.64. The monoisotopic (exact) mass is 277 g/mol. The lowest BCUT2D eigenvalue weighted by Crippen LogP contribution is -2.08. The van der Waals surface area contributed by atoms with Gasteiger partial charge in [0.2, 0.25) is 0 Å². The Morgan fingerprint density at radius 1 is 1.40 bits per heavy atom. The fraction of sp³-hybridized carbons (Fsp3) is 0.500. The van der Waals surface area contributed by atoms with Gasteiger partial charge in [0.15, 0.2) is 0 Å². The average molecular weight is 277 g/mol. The lowest BCUT2D eigenvalue weighted by Gasteiger charge is -2.08. The molecule has 0 radical (unpaired) electrons. The number of nitrogens with zero attached hydrogens (tertiary/aromatic N) is 2. The Balaban J connectivity index is 2.46. The third kappa shape index (κ3) is 5.24. The summed E-state index contributed by atoms with van der Waals surface area (Å²) in [7, 11) is 0. The number of benzene rings is 1. The SMILES string of the molecule is CCCCOCCCNc1cc(C#N)ccc1[N+](=O)[O-]. The van der Waals surface area contributed by atoms with E-state index < -0.39 is 4.92 Å². The largest absolute Gasteiger partial charge is 0.381 e. The summed E-state index contributed by atoms with van der Waals surface area (Å²) >= 11 is 0. The van der Waals surface area contributed by atoms with Crippen LogP contribution < -0.4 is 5.32 Å². The highest BCUT2D eigenvalue weighted by Gasteiger charge is 2.13. The van der Waals surface area contributed by atoms with Crippen molar-refractivity contribution in [1.82, 2.24) is 0 Å². The van der Waals surface area contributed by atoms with Crippen molar-refractivity contribution < 1.29 is 9.66 Å². The number of nitrogens with one attached hydrogen (secondary N) is 1. The molecule has 1 aromatic carbocycles. The minimum absolute atomic E-state index is 0.0177. The van der Waals surface area contributed by atoms with Crippen LogP contribution in [0.25, 0.3) is 0 Å². The Bertz CT molecular complexity index is 483. The zero-order chi connectivity index (χ0) is 14.8. The minimum Gasteiger partial charge on any atom is -0.381 e. The number of rotatable bonds is 9. The van der Waals surface area contributed by atoms with Crippen LogP contribution in [0.4, 0.5) is 11.4 Å². The normalized spacial score (nSPS) is 10.0. The third-order valence-corrected chi connectivity index (χ3v) is 2.75. The van der Waals surface area contributed by atoms with Crippen molar-refractivity contribution in [3.05, 3.63) is 33.9 Å². The summed E-state index contributed by atoms with van der Waals surface area (Å²) in [6, 6.07) is 6.25. The Hall–Kier alpha value is -2.13. The number of unbranched alkanes of at least 4 members (excludes halogenated alkanes) is 1. The van der Waals surface area contributed by atoms with Crippen molar-refractivity contribution in [2.45, 2.75) is 26.2 Å². The van der Waals surface area contributed by atoms with Crippen molar-refractivity contribution in [1.29, 1.82) is 5.26 Å². The van der Waals surface area contributed by atoms with Gasteiger partial charge in [-0.05, 0) is 25.0 Å². The molecule has 1 aromatic rings. The van der Waals surface area contributed by atoms with Crippen LogP contribution in [0, 0.1) is 21.4 Å². The molecule has 0 saturated carbocycles. The molecule has 0 aliphatic heterocycles. The van der Waals surface area contributed by atoms with Gasteiger partial charge in [0, 0.05) is 25.8 Å². The van der Waals surface area contributed by atoms with Crippen molar-refractivity contribution in [2.24, 2.45) is 0 Å². The molecule has 6 heteroatoms. The van der Waals surface area contributed by atoms with Gasteiger partial charge < -0.3 is 10.1 Å². The van der Waals surface area contributed by atoms with E-state index in [4.69, 9.17) is 10.00 Å². The zero-order valence-corrected chi connectivity index (χ0v) is 11.6. The number of nitriles is 1. The van der Waals surface area contributed by atoms with Gasteiger partial charge in [0.1, 0.15) is 5.69 Å². The van der Waals surface area contributed by atoms with Crippen LogP contribution in [0.3, 0.4) is 0 Å². The van der Waals surface area contributed by atoms with Crippen LogP contribution >= 0.6 is 0 Å². The highest BCUT2D eigenvalue weighted by atomic mass is 16.6. The van der Waals surface area contributed by atoms with Gasteiger partial charge in [-0.15, -0.1) is 0 Å². The highest BCUT2D eigenvalue weighted by Crippen LogP contribution is 2.25. The summed E-state index contributed by atoms with van der Waals surface area (Å²) in [5.74, 6) is 0. The number of nitro benzene ring substituents is 1. The molecule has 0 unspecified atom stereocenters. The zero-order valence-electron chi connectivity index (χ0n) is 11.6. The van der Waals surface area contributed by atoms with E-state index in [1.165, 1.54) is 18.2 Å². The van der Waals surface area contributed by atoms with Crippen molar-refractivity contribution in [3.63, 3.8) is 0 Å². The molecular weight excluding hydrogens is 258 g/mol. The fourth-order valence-electron chi connectivity index (χ4n) is 1.65. The molecule has 0 saturated heterocycles. The van der Waals surface area contributed by atoms with E-state index in [2.05, 4.69) is 12.2 Å². The Morgan fingerprint density at radius 3 is 2.80 bits per heavy atom. The Kier molecular flexibility index (Phi) is 7.07. The van der Waals surface area contributed by atoms with E-state index in [1.54, 1.807) is 0 Å². The van der Waals surface area contributed by atoms with E-state index in [1.807, 2.05) is 6.07 Å². The molecule has 108 valence electrons. The first-order valence-corrected chi connectivity index (χ1v) is 6.69. The van der Waals surface area contributed by atoms with Crippen molar-refractivity contribution in [3.8, 4) is 6.07 Å². The molecule has 0 heterocycles. The summed E-state index contributed by atoms with van der Waals surface area (Å²) in [6.07, 6.45) is 2.91. The van der Waals surface area contributed by atoms with Crippen LogP contribution in [-0.2, 0) is 4.74 Å². The molecule has 0 atom stereocenters. The smallest absolute Gasteiger partial charge is 0.292 e. The van der Waals surface area contributed by atoms with Crippen molar-refractivity contribution in [2.75, 3.05) is 25.1 Å². The van der Waals surface area contributed by atoms with Gasteiger partial charge in [-0.25, -0.2) is 0 Å². The van der Waals surface area contributed by atoms with E-state index >= 15 is 0 Å². The third-order valence-electron chi connectivity index (χ3n) is 2.75. The second-order valence-electron chi connectivity index (χ2n) is 4.35. The van der Waals surface area contributed by atoms with Gasteiger partial charge in [-0.1, -0.05) is 13.3 Å². The molecule has 0 bridgehead atoms. The van der Waals surface area contributed by atoms with E-state index in [-0.39, 0.29) is 5.69 Å². The van der Waals surface area contributed by atoms with E-state index in [0.29, 0.717) is 24.4 Å². The van der Waals surface area contributed by atoms with Gasteiger partial charge in [0.25, 0.3) is 5.69 Å². The first-order chi connectivity index (χ1) is 9.69.